The second kappa shape index (κ2) is 10.3. The molecular formula is C23H29ClN2O3. The Morgan fingerprint density at radius 2 is 1.86 bits per heavy atom. The summed E-state index contributed by atoms with van der Waals surface area (Å²) in [5, 5.41) is 3.20. The Morgan fingerprint density at radius 3 is 2.48 bits per heavy atom. The molecule has 6 heteroatoms. The van der Waals surface area contributed by atoms with E-state index in [0.29, 0.717) is 17.2 Å². The van der Waals surface area contributed by atoms with Gasteiger partial charge >= 0.3 is 0 Å². The van der Waals surface area contributed by atoms with Crippen LogP contribution >= 0.6 is 11.6 Å². The lowest BCUT2D eigenvalue weighted by Gasteiger charge is -2.30. The highest BCUT2D eigenvalue weighted by Crippen LogP contribution is 2.24. The Hall–Kier alpha value is -2.53. The van der Waals surface area contributed by atoms with Crippen LogP contribution in [-0.2, 0) is 16.1 Å². The van der Waals surface area contributed by atoms with E-state index in [1.165, 1.54) is 4.90 Å². The Labute approximate surface area is 178 Å². The molecule has 5 nitrogen and oxygen atoms in total. The number of benzene rings is 2. The molecule has 0 aromatic heterocycles. The SMILES string of the molecule is CC[C@@H](C(=O)NC)N(Cc1ccccc1Cl)C(=O)COc1cc(C)cc(C)c1C. The monoisotopic (exact) mass is 416 g/mol. The lowest BCUT2D eigenvalue weighted by Crippen LogP contribution is -2.49. The second-order valence-corrected chi connectivity index (χ2v) is 7.55. The zero-order valence-corrected chi connectivity index (χ0v) is 18.5. The van der Waals surface area contributed by atoms with Gasteiger partial charge in [-0.25, -0.2) is 0 Å². The van der Waals surface area contributed by atoms with Gasteiger partial charge in [-0.05, 0) is 61.6 Å². The molecule has 0 aliphatic heterocycles. The molecule has 0 radical (unpaired) electrons. The molecule has 2 aromatic carbocycles. The van der Waals surface area contributed by atoms with Crippen molar-refractivity contribution in [3.63, 3.8) is 0 Å². The number of hydrogen-bond acceptors (Lipinski definition) is 3. The Morgan fingerprint density at radius 1 is 1.17 bits per heavy atom. The fourth-order valence-corrected chi connectivity index (χ4v) is 3.46. The van der Waals surface area contributed by atoms with Gasteiger partial charge in [0.25, 0.3) is 5.91 Å². The summed E-state index contributed by atoms with van der Waals surface area (Å²) in [4.78, 5) is 27.1. The van der Waals surface area contributed by atoms with Crippen molar-refractivity contribution >= 4 is 23.4 Å². The predicted octanol–water partition coefficient (Wildman–Crippen LogP) is 4.20. The molecule has 2 amide bonds. The van der Waals surface area contributed by atoms with Crippen molar-refractivity contribution in [2.45, 2.75) is 46.7 Å². The lowest BCUT2D eigenvalue weighted by atomic mass is 10.1. The first-order valence-corrected chi connectivity index (χ1v) is 10.1. The van der Waals surface area contributed by atoms with E-state index in [1.54, 1.807) is 13.1 Å². The summed E-state index contributed by atoms with van der Waals surface area (Å²) in [6.07, 6.45) is 0.485. The van der Waals surface area contributed by atoms with Crippen LogP contribution in [0.1, 0.15) is 35.6 Å². The number of aryl methyl sites for hydroxylation is 2. The maximum Gasteiger partial charge on any atom is 0.261 e. The summed E-state index contributed by atoms with van der Waals surface area (Å²) in [6, 6.07) is 10.7. The quantitative estimate of drug-likeness (QED) is 0.701. The molecule has 29 heavy (non-hydrogen) atoms. The van der Waals surface area contributed by atoms with Crippen molar-refractivity contribution < 1.29 is 14.3 Å². The molecular weight excluding hydrogens is 388 g/mol. The van der Waals surface area contributed by atoms with Crippen molar-refractivity contribution in [2.24, 2.45) is 0 Å². The van der Waals surface area contributed by atoms with E-state index in [9.17, 15) is 9.59 Å². The first kappa shape index (κ1) is 22.8. The number of ether oxygens (including phenoxy) is 1. The minimum Gasteiger partial charge on any atom is -0.483 e. The molecule has 0 bridgehead atoms. The van der Waals surface area contributed by atoms with Crippen LogP contribution in [0.25, 0.3) is 0 Å². The highest BCUT2D eigenvalue weighted by molar-refractivity contribution is 6.31. The first-order chi connectivity index (χ1) is 13.8. The summed E-state index contributed by atoms with van der Waals surface area (Å²) < 4.78 is 5.86. The van der Waals surface area contributed by atoms with E-state index in [1.807, 2.05) is 52.0 Å². The molecule has 0 aliphatic carbocycles. The van der Waals surface area contributed by atoms with Crippen LogP contribution in [0, 0.1) is 20.8 Å². The molecule has 0 aliphatic rings. The van der Waals surface area contributed by atoms with E-state index in [0.717, 1.165) is 22.3 Å². The van der Waals surface area contributed by atoms with Crippen LogP contribution in [0.4, 0.5) is 0 Å². The van der Waals surface area contributed by atoms with Gasteiger partial charge in [-0.1, -0.05) is 42.8 Å². The van der Waals surface area contributed by atoms with Gasteiger partial charge in [-0.15, -0.1) is 0 Å². The molecule has 1 atom stereocenters. The molecule has 0 heterocycles. The van der Waals surface area contributed by atoms with Gasteiger partial charge in [-0.2, -0.15) is 0 Å². The zero-order valence-electron chi connectivity index (χ0n) is 17.7. The van der Waals surface area contributed by atoms with Crippen LogP contribution in [0.5, 0.6) is 5.75 Å². The molecule has 0 fully saturated rings. The van der Waals surface area contributed by atoms with Crippen molar-refractivity contribution in [1.82, 2.24) is 10.2 Å². The largest absolute Gasteiger partial charge is 0.483 e. The molecule has 2 aromatic rings. The van der Waals surface area contributed by atoms with Gasteiger partial charge in [0, 0.05) is 18.6 Å². The van der Waals surface area contributed by atoms with Crippen LogP contribution < -0.4 is 10.1 Å². The molecule has 2 rings (SSSR count). The smallest absolute Gasteiger partial charge is 0.261 e. The summed E-state index contributed by atoms with van der Waals surface area (Å²) >= 11 is 6.29. The van der Waals surface area contributed by atoms with E-state index < -0.39 is 6.04 Å². The third kappa shape index (κ3) is 5.73. The van der Waals surface area contributed by atoms with Gasteiger partial charge in [-0.3, -0.25) is 9.59 Å². The predicted molar refractivity (Wildman–Crippen MR) is 116 cm³/mol. The average Bonchev–Trinajstić information content (AvgIpc) is 2.70. The van der Waals surface area contributed by atoms with Gasteiger partial charge in [0.1, 0.15) is 11.8 Å². The molecule has 1 N–H and O–H groups in total. The van der Waals surface area contributed by atoms with Gasteiger partial charge < -0.3 is 15.0 Å². The number of hydrogen-bond donors (Lipinski definition) is 1. The Kier molecular flexibility index (Phi) is 8.09. The minimum absolute atomic E-state index is 0.151. The van der Waals surface area contributed by atoms with Crippen molar-refractivity contribution in [3.8, 4) is 5.75 Å². The van der Waals surface area contributed by atoms with Gasteiger partial charge in [0.15, 0.2) is 6.61 Å². The third-order valence-electron chi connectivity index (χ3n) is 5.05. The number of carbonyl (C=O) groups excluding carboxylic acids is 2. The number of rotatable bonds is 8. The Bertz CT molecular complexity index is 882. The summed E-state index contributed by atoms with van der Waals surface area (Å²) in [5.74, 6) is 0.205. The maximum absolute atomic E-state index is 13.1. The van der Waals surface area contributed by atoms with E-state index in [4.69, 9.17) is 16.3 Å². The summed E-state index contributed by atoms with van der Waals surface area (Å²) in [7, 11) is 1.57. The normalized spacial score (nSPS) is 11.7. The number of nitrogens with zero attached hydrogens (tertiary/aromatic N) is 1. The number of amides is 2. The van der Waals surface area contributed by atoms with Crippen LogP contribution in [0.3, 0.4) is 0 Å². The van der Waals surface area contributed by atoms with Crippen LogP contribution in [0.2, 0.25) is 5.02 Å². The van der Waals surface area contributed by atoms with Crippen molar-refractivity contribution in [3.05, 3.63) is 63.7 Å². The topological polar surface area (TPSA) is 58.6 Å². The number of nitrogens with one attached hydrogen (secondary N) is 1. The highest BCUT2D eigenvalue weighted by Gasteiger charge is 2.28. The van der Waals surface area contributed by atoms with Crippen molar-refractivity contribution in [2.75, 3.05) is 13.7 Å². The fourth-order valence-electron chi connectivity index (χ4n) is 3.27. The van der Waals surface area contributed by atoms with Crippen LogP contribution in [0.15, 0.2) is 36.4 Å². The summed E-state index contributed by atoms with van der Waals surface area (Å²) in [6.45, 7) is 7.93. The maximum atomic E-state index is 13.1. The summed E-state index contributed by atoms with van der Waals surface area (Å²) in [5.41, 5.74) is 3.96. The van der Waals surface area contributed by atoms with E-state index in [-0.39, 0.29) is 25.0 Å². The zero-order chi connectivity index (χ0) is 21.6. The molecule has 0 spiro atoms. The Balaban J connectivity index is 2.26. The average molecular weight is 417 g/mol. The lowest BCUT2D eigenvalue weighted by molar-refractivity contribution is -0.142. The van der Waals surface area contributed by atoms with E-state index >= 15 is 0 Å². The third-order valence-corrected chi connectivity index (χ3v) is 5.41. The molecule has 0 saturated carbocycles. The highest BCUT2D eigenvalue weighted by atomic mass is 35.5. The van der Waals surface area contributed by atoms with Gasteiger partial charge in [0.05, 0.1) is 0 Å². The molecule has 0 unspecified atom stereocenters. The number of halogens is 1. The minimum atomic E-state index is -0.604. The standard InChI is InChI=1S/C23H29ClN2O3/c1-6-20(23(28)25-5)26(13-18-9-7-8-10-19(18)24)22(27)14-29-21-12-15(2)11-16(3)17(21)4/h7-12,20H,6,13-14H2,1-5H3,(H,25,28)/t20-/m0/s1. The van der Waals surface area contributed by atoms with Crippen molar-refractivity contribution in [1.29, 1.82) is 0 Å². The number of likely N-dealkylation sites (N-methyl/N-ethyl adjacent to an activating group) is 1. The number of carbonyl (C=O) groups is 2. The van der Waals surface area contributed by atoms with Crippen LogP contribution in [-0.4, -0.2) is 36.4 Å². The van der Waals surface area contributed by atoms with E-state index in [2.05, 4.69) is 11.4 Å². The fraction of sp³-hybridized carbons (Fsp3) is 0.391. The second-order valence-electron chi connectivity index (χ2n) is 7.14. The molecule has 0 saturated heterocycles. The van der Waals surface area contributed by atoms with Gasteiger partial charge in [0.2, 0.25) is 5.91 Å². The molecule has 156 valence electrons. The first-order valence-electron chi connectivity index (χ1n) is 9.73.